The second-order valence-corrected chi connectivity index (χ2v) is 6.93. The van der Waals surface area contributed by atoms with Crippen LogP contribution in [0.2, 0.25) is 0 Å². The number of aliphatic carboxylic acids is 1. The highest BCUT2D eigenvalue weighted by Crippen LogP contribution is 2.15. The van der Waals surface area contributed by atoms with Gasteiger partial charge >= 0.3 is 5.97 Å². The van der Waals surface area contributed by atoms with Gasteiger partial charge in [-0.05, 0) is 55.4 Å². The predicted octanol–water partition coefficient (Wildman–Crippen LogP) is 3.95. The molecule has 0 saturated carbocycles. The van der Waals surface area contributed by atoms with Crippen molar-refractivity contribution in [2.75, 3.05) is 20.2 Å². The van der Waals surface area contributed by atoms with E-state index in [0.717, 1.165) is 37.0 Å². The predicted molar refractivity (Wildman–Crippen MR) is 110 cm³/mol. The third kappa shape index (κ3) is 8.25. The molecule has 5 heteroatoms. The molecule has 0 fully saturated rings. The third-order valence-electron chi connectivity index (χ3n) is 4.57. The van der Waals surface area contributed by atoms with E-state index in [1.54, 1.807) is 0 Å². The van der Waals surface area contributed by atoms with Crippen molar-refractivity contribution in [1.82, 2.24) is 4.90 Å². The zero-order valence-electron chi connectivity index (χ0n) is 16.5. The summed E-state index contributed by atoms with van der Waals surface area (Å²) in [5.74, 6) is -0.336. The number of aryl methyl sites for hydroxylation is 2. The molecule has 0 unspecified atom stereocenters. The number of amides is 1. The van der Waals surface area contributed by atoms with Gasteiger partial charge in [-0.25, -0.2) is 0 Å². The molecule has 2 aromatic carbocycles. The van der Waals surface area contributed by atoms with Gasteiger partial charge in [-0.1, -0.05) is 42.5 Å². The van der Waals surface area contributed by atoms with E-state index in [2.05, 4.69) is 24.3 Å². The Morgan fingerprint density at radius 2 is 1.57 bits per heavy atom. The Morgan fingerprint density at radius 3 is 2.25 bits per heavy atom. The second kappa shape index (κ2) is 11.8. The fourth-order valence-corrected chi connectivity index (χ4v) is 2.93. The lowest BCUT2D eigenvalue weighted by Crippen LogP contribution is -2.32. The van der Waals surface area contributed by atoms with Crippen LogP contribution in [0.5, 0.6) is 5.75 Å². The summed E-state index contributed by atoms with van der Waals surface area (Å²) in [5, 5.41) is 8.71. The number of nitrogens with zero attached hydrogens (tertiary/aromatic N) is 1. The molecule has 0 bridgehead atoms. The van der Waals surface area contributed by atoms with Gasteiger partial charge in [0.1, 0.15) is 12.3 Å². The summed E-state index contributed by atoms with van der Waals surface area (Å²) in [7, 11) is 1.51. The highest BCUT2D eigenvalue weighted by Gasteiger charge is 2.11. The number of carboxylic acid groups (broad SMARTS) is 1. The normalized spacial score (nSPS) is 10.5. The molecule has 0 aliphatic rings. The van der Waals surface area contributed by atoms with Crippen LogP contribution in [0.25, 0.3) is 0 Å². The number of hydrogen-bond acceptors (Lipinski definition) is 3. The number of rotatable bonds is 12. The number of carbonyl (C=O) groups excluding carboxylic acids is 1. The van der Waals surface area contributed by atoms with E-state index in [1.165, 1.54) is 17.5 Å². The van der Waals surface area contributed by atoms with Crippen LogP contribution in [0.4, 0.5) is 0 Å². The number of likely N-dealkylation sites (N-methyl/N-ethyl adjacent to an activating group) is 1. The summed E-state index contributed by atoms with van der Waals surface area (Å²) >= 11 is 0. The van der Waals surface area contributed by atoms with E-state index >= 15 is 0 Å². The smallest absolute Gasteiger partial charge is 0.323 e. The molecule has 28 heavy (non-hydrogen) atoms. The molecule has 1 amide bonds. The van der Waals surface area contributed by atoms with Gasteiger partial charge < -0.3 is 14.7 Å². The lowest BCUT2D eigenvalue weighted by atomic mass is 10.1. The summed E-state index contributed by atoms with van der Waals surface area (Å²) in [6.07, 6.45) is 5.32. The van der Waals surface area contributed by atoms with Crippen LogP contribution < -0.4 is 4.74 Å². The Balaban J connectivity index is 1.60. The Bertz CT molecular complexity index is 728. The standard InChI is InChI=1S/C23H29NO4/c1-24(18-23(26)27)22(25)16-13-20-11-14-21(15-12-20)28-17-7-3-6-10-19-8-4-2-5-9-19/h2,4-5,8-9,11-12,14-15H,3,6-7,10,13,16-18H2,1H3,(H,26,27). The first-order valence-electron chi connectivity index (χ1n) is 9.76. The van der Waals surface area contributed by atoms with Crippen molar-refractivity contribution in [1.29, 1.82) is 0 Å². The van der Waals surface area contributed by atoms with Gasteiger partial charge in [-0.15, -0.1) is 0 Å². The van der Waals surface area contributed by atoms with E-state index in [9.17, 15) is 9.59 Å². The van der Waals surface area contributed by atoms with E-state index in [1.807, 2.05) is 30.3 Å². The SMILES string of the molecule is CN(CC(=O)O)C(=O)CCc1ccc(OCCCCCc2ccccc2)cc1. The fraction of sp³-hybridized carbons (Fsp3) is 0.391. The Morgan fingerprint density at radius 1 is 0.893 bits per heavy atom. The van der Waals surface area contributed by atoms with Crippen LogP contribution in [0.3, 0.4) is 0 Å². The monoisotopic (exact) mass is 383 g/mol. The number of carbonyl (C=O) groups is 2. The number of carboxylic acids is 1. The average Bonchev–Trinajstić information content (AvgIpc) is 2.70. The van der Waals surface area contributed by atoms with Gasteiger partial charge in [0, 0.05) is 13.5 Å². The molecule has 2 rings (SSSR count). The highest BCUT2D eigenvalue weighted by atomic mass is 16.5. The van der Waals surface area contributed by atoms with E-state index < -0.39 is 5.97 Å². The molecule has 0 heterocycles. The topological polar surface area (TPSA) is 66.8 Å². The van der Waals surface area contributed by atoms with Gasteiger partial charge in [0.2, 0.25) is 5.91 Å². The molecule has 0 saturated heterocycles. The molecular formula is C23H29NO4. The molecule has 0 atom stereocenters. The zero-order valence-corrected chi connectivity index (χ0v) is 16.5. The maximum atomic E-state index is 11.9. The van der Waals surface area contributed by atoms with Gasteiger partial charge in [0.05, 0.1) is 6.61 Å². The lowest BCUT2D eigenvalue weighted by Gasteiger charge is -2.14. The summed E-state index contributed by atoms with van der Waals surface area (Å²) in [4.78, 5) is 23.7. The first kappa shape index (κ1) is 21.5. The molecule has 0 spiro atoms. The molecule has 5 nitrogen and oxygen atoms in total. The molecule has 0 aliphatic carbocycles. The van der Waals surface area contributed by atoms with E-state index in [0.29, 0.717) is 19.4 Å². The lowest BCUT2D eigenvalue weighted by molar-refractivity contribution is -0.143. The molecule has 0 aromatic heterocycles. The molecule has 150 valence electrons. The minimum absolute atomic E-state index is 0.168. The first-order chi connectivity index (χ1) is 13.5. The minimum atomic E-state index is -1.00. The number of ether oxygens (including phenoxy) is 1. The Labute approximate surface area is 166 Å². The third-order valence-corrected chi connectivity index (χ3v) is 4.57. The van der Waals surface area contributed by atoms with Crippen molar-refractivity contribution in [3.05, 3.63) is 65.7 Å². The Hall–Kier alpha value is -2.82. The van der Waals surface area contributed by atoms with Crippen molar-refractivity contribution in [3.63, 3.8) is 0 Å². The Kier molecular flexibility index (Phi) is 9.05. The maximum absolute atomic E-state index is 11.9. The molecule has 2 aromatic rings. The summed E-state index contributed by atoms with van der Waals surface area (Å²) in [5.41, 5.74) is 2.42. The molecule has 0 radical (unpaired) electrons. The van der Waals surface area contributed by atoms with Crippen molar-refractivity contribution < 1.29 is 19.4 Å². The number of benzene rings is 2. The molecule has 1 N–H and O–H groups in total. The van der Waals surface area contributed by atoms with Crippen LogP contribution in [0.15, 0.2) is 54.6 Å². The second-order valence-electron chi connectivity index (χ2n) is 6.93. The minimum Gasteiger partial charge on any atom is -0.494 e. The molecular weight excluding hydrogens is 354 g/mol. The average molecular weight is 383 g/mol. The van der Waals surface area contributed by atoms with Gasteiger partial charge in [0.25, 0.3) is 0 Å². The quantitative estimate of drug-likeness (QED) is 0.564. The van der Waals surface area contributed by atoms with Crippen molar-refractivity contribution in [3.8, 4) is 5.75 Å². The van der Waals surface area contributed by atoms with Crippen molar-refractivity contribution in [2.24, 2.45) is 0 Å². The summed E-state index contributed by atoms with van der Waals surface area (Å²) in [6.45, 7) is 0.434. The molecule has 0 aliphatic heterocycles. The van der Waals surface area contributed by atoms with Crippen LogP contribution in [-0.4, -0.2) is 42.1 Å². The van der Waals surface area contributed by atoms with Crippen LogP contribution in [0, 0.1) is 0 Å². The largest absolute Gasteiger partial charge is 0.494 e. The van der Waals surface area contributed by atoms with Gasteiger partial charge in [-0.2, -0.15) is 0 Å². The van der Waals surface area contributed by atoms with E-state index in [4.69, 9.17) is 9.84 Å². The maximum Gasteiger partial charge on any atom is 0.323 e. The number of hydrogen-bond donors (Lipinski definition) is 1. The van der Waals surface area contributed by atoms with Gasteiger partial charge in [0.15, 0.2) is 0 Å². The van der Waals surface area contributed by atoms with Crippen molar-refractivity contribution >= 4 is 11.9 Å². The summed E-state index contributed by atoms with van der Waals surface area (Å²) < 4.78 is 5.78. The van der Waals surface area contributed by atoms with Crippen LogP contribution >= 0.6 is 0 Å². The zero-order chi connectivity index (χ0) is 20.2. The van der Waals surface area contributed by atoms with Gasteiger partial charge in [-0.3, -0.25) is 9.59 Å². The van der Waals surface area contributed by atoms with Crippen LogP contribution in [0.1, 0.15) is 36.8 Å². The van der Waals surface area contributed by atoms with E-state index in [-0.39, 0.29) is 12.5 Å². The van der Waals surface area contributed by atoms with Crippen LogP contribution in [-0.2, 0) is 22.4 Å². The summed E-state index contributed by atoms with van der Waals surface area (Å²) in [6, 6.07) is 18.3. The van der Waals surface area contributed by atoms with Crippen molar-refractivity contribution in [2.45, 2.75) is 38.5 Å². The number of unbranched alkanes of at least 4 members (excludes halogenated alkanes) is 2. The fourth-order valence-electron chi connectivity index (χ4n) is 2.93. The first-order valence-corrected chi connectivity index (χ1v) is 9.76. The highest BCUT2D eigenvalue weighted by molar-refractivity contribution is 5.81.